The monoisotopic (exact) mass is 290 g/mol. The standard InChI is InChI=1S/C15H18N2O4/c1-11-5-3-4-6-14(11)20-10-13(18)15(19)17(2)9-12-7-8-21-16-12/h3-8,13,18H,9-10H2,1-2H3/t13-/m0/s1. The topological polar surface area (TPSA) is 75.8 Å². The maximum absolute atomic E-state index is 12.0. The van der Waals surface area contributed by atoms with Crippen molar-refractivity contribution in [3.8, 4) is 5.75 Å². The number of amides is 1. The number of aliphatic hydroxyl groups excluding tert-OH is 1. The van der Waals surface area contributed by atoms with Crippen LogP contribution in [-0.4, -0.2) is 40.8 Å². The first-order valence-electron chi connectivity index (χ1n) is 6.58. The second kappa shape index (κ2) is 6.90. The molecule has 0 spiro atoms. The number of nitrogens with zero attached hydrogens (tertiary/aromatic N) is 2. The van der Waals surface area contributed by atoms with Gasteiger partial charge in [-0.05, 0) is 18.6 Å². The number of hydrogen-bond acceptors (Lipinski definition) is 5. The number of aliphatic hydroxyl groups is 1. The molecule has 0 aliphatic carbocycles. The molecule has 1 aromatic carbocycles. The number of likely N-dealkylation sites (N-methyl/N-ethyl adjacent to an activating group) is 1. The van der Waals surface area contributed by atoms with Crippen molar-refractivity contribution >= 4 is 5.91 Å². The lowest BCUT2D eigenvalue weighted by molar-refractivity contribution is -0.140. The Kier molecular flexibility index (Phi) is 4.94. The summed E-state index contributed by atoms with van der Waals surface area (Å²) < 4.78 is 10.2. The largest absolute Gasteiger partial charge is 0.490 e. The van der Waals surface area contributed by atoms with E-state index < -0.39 is 12.0 Å². The number of rotatable bonds is 6. The Morgan fingerprint density at radius 2 is 2.19 bits per heavy atom. The number of benzene rings is 1. The zero-order valence-electron chi connectivity index (χ0n) is 12.0. The number of para-hydroxylation sites is 1. The van der Waals surface area contributed by atoms with Gasteiger partial charge in [-0.25, -0.2) is 0 Å². The van der Waals surface area contributed by atoms with Crippen molar-refractivity contribution in [3.63, 3.8) is 0 Å². The first-order chi connectivity index (χ1) is 10.1. The summed E-state index contributed by atoms with van der Waals surface area (Å²) in [5.41, 5.74) is 1.57. The summed E-state index contributed by atoms with van der Waals surface area (Å²) in [6.45, 7) is 2.09. The maximum atomic E-state index is 12.0. The van der Waals surface area contributed by atoms with E-state index >= 15 is 0 Å². The van der Waals surface area contributed by atoms with Gasteiger partial charge in [0, 0.05) is 13.1 Å². The smallest absolute Gasteiger partial charge is 0.255 e. The van der Waals surface area contributed by atoms with Crippen LogP contribution in [-0.2, 0) is 11.3 Å². The Morgan fingerprint density at radius 1 is 1.43 bits per heavy atom. The molecule has 2 rings (SSSR count). The van der Waals surface area contributed by atoms with E-state index in [1.165, 1.54) is 11.2 Å². The zero-order chi connectivity index (χ0) is 15.2. The van der Waals surface area contributed by atoms with Gasteiger partial charge >= 0.3 is 0 Å². The molecule has 6 nitrogen and oxygen atoms in total. The van der Waals surface area contributed by atoms with Gasteiger partial charge < -0.3 is 19.3 Å². The van der Waals surface area contributed by atoms with Crippen LogP contribution >= 0.6 is 0 Å². The molecule has 2 aromatic rings. The minimum Gasteiger partial charge on any atom is -0.490 e. The highest BCUT2D eigenvalue weighted by molar-refractivity contribution is 5.80. The van der Waals surface area contributed by atoms with E-state index in [4.69, 9.17) is 9.26 Å². The fourth-order valence-corrected chi connectivity index (χ4v) is 1.85. The Labute approximate surface area is 122 Å². The first-order valence-corrected chi connectivity index (χ1v) is 6.58. The highest BCUT2D eigenvalue weighted by Crippen LogP contribution is 2.16. The van der Waals surface area contributed by atoms with Crippen molar-refractivity contribution < 1.29 is 19.2 Å². The van der Waals surface area contributed by atoms with Crippen LogP contribution in [0.3, 0.4) is 0 Å². The summed E-state index contributed by atoms with van der Waals surface area (Å²) in [5.74, 6) is 0.232. The van der Waals surface area contributed by atoms with Crippen molar-refractivity contribution in [2.75, 3.05) is 13.7 Å². The molecule has 0 bridgehead atoms. The van der Waals surface area contributed by atoms with Gasteiger partial charge in [0.2, 0.25) is 0 Å². The molecule has 0 aliphatic heterocycles. The SMILES string of the molecule is Cc1ccccc1OC[C@H](O)C(=O)N(C)Cc1ccon1. The van der Waals surface area contributed by atoms with E-state index in [-0.39, 0.29) is 13.2 Å². The lowest BCUT2D eigenvalue weighted by atomic mass is 10.2. The normalized spacial score (nSPS) is 12.0. The van der Waals surface area contributed by atoms with Crippen LogP contribution in [0.15, 0.2) is 41.1 Å². The van der Waals surface area contributed by atoms with Gasteiger partial charge in [0.05, 0.1) is 6.54 Å². The predicted molar refractivity (Wildman–Crippen MR) is 75.7 cm³/mol. The van der Waals surface area contributed by atoms with Gasteiger partial charge in [-0.1, -0.05) is 23.4 Å². The average Bonchev–Trinajstić information content (AvgIpc) is 2.98. The highest BCUT2D eigenvalue weighted by atomic mass is 16.5. The molecule has 1 N–H and O–H groups in total. The summed E-state index contributed by atoms with van der Waals surface area (Å²) in [6.07, 6.45) is 0.215. The predicted octanol–water partition coefficient (Wildman–Crippen LogP) is 1.38. The Bertz CT molecular complexity index is 583. The molecule has 0 fully saturated rings. The second-order valence-electron chi connectivity index (χ2n) is 4.78. The third-order valence-electron chi connectivity index (χ3n) is 3.04. The minimum absolute atomic E-state index is 0.0904. The van der Waals surface area contributed by atoms with Gasteiger partial charge in [-0.3, -0.25) is 4.79 Å². The molecule has 1 amide bonds. The third-order valence-corrected chi connectivity index (χ3v) is 3.04. The lowest BCUT2D eigenvalue weighted by Gasteiger charge is -2.20. The average molecular weight is 290 g/mol. The number of ether oxygens (including phenoxy) is 1. The van der Waals surface area contributed by atoms with E-state index in [1.54, 1.807) is 19.2 Å². The van der Waals surface area contributed by atoms with Crippen molar-refractivity contribution in [2.45, 2.75) is 19.6 Å². The van der Waals surface area contributed by atoms with Gasteiger partial charge in [-0.2, -0.15) is 0 Å². The van der Waals surface area contributed by atoms with Crippen LogP contribution in [0.1, 0.15) is 11.3 Å². The number of hydrogen-bond donors (Lipinski definition) is 1. The minimum atomic E-state index is -1.22. The fraction of sp³-hybridized carbons (Fsp3) is 0.333. The molecule has 1 aromatic heterocycles. The summed E-state index contributed by atoms with van der Waals surface area (Å²) in [6, 6.07) is 9.11. The second-order valence-corrected chi connectivity index (χ2v) is 4.78. The summed E-state index contributed by atoms with van der Waals surface area (Å²) >= 11 is 0. The molecule has 1 atom stereocenters. The van der Waals surface area contributed by atoms with E-state index in [9.17, 15) is 9.90 Å². The molecule has 1 heterocycles. The molecule has 0 saturated carbocycles. The van der Waals surface area contributed by atoms with Gasteiger partial charge in [0.25, 0.3) is 5.91 Å². The highest BCUT2D eigenvalue weighted by Gasteiger charge is 2.21. The molecule has 0 unspecified atom stereocenters. The first kappa shape index (κ1) is 15.1. The summed E-state index contributed by atoms with van der Waals surface area (Å²) in [4.78, 5) is 13.4. The van der Waals surface area contributed by atoms with Crippen LogP contribution < -0.4 is 4.74 Å². The van der Waals surface area contributed by atoms with E-state index in [0.29, 0.717) is 11.4 Å². The van der Waals surface area contributed by atoms with E-state index in [2.05, 4.69) is 5.16 Å². The van der Waals surface area contributed by atoms with Crippen molar-refractivity contribution in [1.82, 2.24) is 10.1 Å². The molecular weight excluding hydrogens is 272 g/mol. The van der Waals surface area contributed by atoms with Gasteiger partial charge in [0.1, 0.15) is 24.3 Å². The zero-order valence-corrected chi connectivity index (χ0v) is 12.0. The van der Waals surface area contributed by atoms with Crippen LogP contribution in [0.25, 0.3) is 0 Å². The number of aryl methyl sites for hydroxylation is 1. The molecule has 0 aliphatic rings. The molecule has 0 saturated heterocycles. The summed E-state index contributed by atoms with van der Waals surface area (Å²) in [5, 5.41) is 13.6. The lowest BCUT2D eigenvalue weighted by Crippen LogP contribution is -2.39. The quantitative estimate of drug-likeness (QED) is 0.870. The maximum Gasteiger partial charge on any atom is 0.255 e. The van der Waals surface area contributed by atoms with E-state index in [0.717, 1.165) is 5.56 Å². The van der Waals surface area contributed by atoms with E-state index in [1.807, 2.05) is 25.1 Å². The Hall–Kier alpha value is -2.34. The van der Waals surface area contributed by atoms with Crippen LogP contribution in [0.2, 0.25) is 0 Å². The van der Waals surface area contributed by atoms with Crippen LogP contribution in [0.5, 0.6) is 5.75 Å². The molecule has 6 heteroatoms. The van der Waals surface area contributed by atoms with Crippen molar-refractivity contribution in [3.05, 3.63) is 47.9 Å². The molecule has 112 valence electrons. The number of carbonyl (C=O) groups excluding carboxylic acids is 1. The number of aromatic nitrogens is 1. The van der Waals surface area contributed by atoms with Crippen LogP contribution in [0.4, 0.5) is 0 Å². The molecule has 21 heavy (non-hydrogen) atoms. The van der Waals surface area contributed by atoms with Gasteiger partial charge in [0.15, 0.2) is 6.10 Å². The van der Waals surface area contributed by atoms with Gasteiger partial charge in [-0.15, -0.1) is 0 Å². The van der Waals surface area contributed by atoms with Crippen molar-refractivity contribution in [1.29, 1.82) is 0 Å². The summed E-state index contributed by atoms with van der Waals surface area (Å²) in [7, 11) is 1.59. The van der Waals surface area contributed by atoms with Crippen molar-refractivity contribution in [2.24, 2.45) is 0 Å². The molecular formula is C15H18N2O4. The Balaban J connectivity index is 1.86. The third kappa shape index (κ3) is 4.06. The fourth-order valence-electron chi connectivity index (χ4n) is 1.85. The Morgan fingerprint density at radius 3 is 2.86 bits per heavy atom. The molecule has 0 radical (unpaired) electrons. The van der Waals surface area contributed by atoms with Crippen LogP contribution in [0, 0.1) is 6.92 Å². The number of carbonyl (C=O) groups is 1.